The second-order valence-electron chi connectivity index (χ2n) is 5.61. The van der Waals surface area contributed by atoms with Gasteiger partial charge < -0.3 is 5.11 Å². The highest BCUT2D eigenvalue weighted by Crippen LogP contribution is 2.11. The van der Waals surface area contributed by atoms with Crippen LogP contribution in [-0.2, 0) is 4.79 Å². The fourth-order valence-corrected chi connectivity index (χ4v) is 1.99. The maximum Gasteiger partial charge on any atom is 0.306 e. The first-order valence-corrected chi connectivity index (χ1v) is 8.39. The second-order valence-corrected chi connectivity index (χ2v) is 5.61. The molecule has 1 unspecified atom stereocenters. The predicted octanol–water partition coefficient (Wildman–Crippen LogP) is 5.91. The Bertz CT molecular complexity index is 326. The summed E-state index contributed by atoms with van der Waals surface area (Å²) in [5.74, 6) is -0.867. The fraction of sp³-hybridized carbons (Fsp3) is 0.632. The van der Waals surface area contributed by atoms with Crippen LogP contribution in [-0.4, -0.2) is 11.1 Å². The Morgan fingerprint density at radius 3 is 2.05 bits per heavy atom. The molecule has 2 heteroatoms. The number of unbranched alkanes of at least 4 members (excludes halogenated alkanes) is 6. The average molecular weight is 292 g/mol. The van der Waals surface area contributed by atoms with Gasteiger partial charge in [0.15, 0.2) is 0 Å². The van der Waals surface area contributed by atoms with E-state index in [9.17, 15) is 4.79 Å². The van der Waals surface area contributed by atoms with Gasteiger partial charge in [0.25, 0.3) is 0 Å². The molecule has 0 spiro atoms. The molecule has 0 amide bonds. The molecule has 0 radical (unpaired) electrons. The van der Waals surface area contributed by atoms with Gasteiger partial charge in [0, 0.05) is 0 Å². The van der Waals surface area contributed by atoms with Crippen molar-refractivity contribution in [3.63, 3.8) is 0 Å². The highest BCUT2D eigenvalue weighted by molar-refractivity contribution is 5.69. The van der Waals surface area contributed by atoms with Gasteiger partial charge in [-0.1, -0.05) is 82.4 Å². The highest BCUT2D eigenvalue weighted by Gasteiger charge is 2.09. The van der Waals surface area contributed by atoms with Crippen LogP contribution in [0.15, 0.2) is 36.5 Å². The molecule has 120 valence electrons. The van der Waals surface area contributed by atoms with E-state index in [0.29, 0.717) is 0 Å². The molecule has 0 rings (SSSR count). The molecule has 0 aromatic rings. The van der Waals surface area contributed by atoms with Gasteiger partial charge in [-0.2, -0.15) is 0 Å². The summed E-state index contributed by atoms with van der Waals surface area (Å²) < 4.78 is 0. The predicted molar refractivity (Wildman–Crippen MR) is 91.4 cm³/mol. The standard InChI is InChI=1S/C19H32O2/c1-3-4-5-6-7-8-9-10-11-12-13-14-15-16-17-18(2)19(20)21/h6-11,18H,3-5,12-17H2,1-2H3,(H,20,21). The first-order valence-electron chi connectivity index (χ1n) is 8.39. The van der Waals surface area contributed by atoms with Gasteiger partial charge in [-0.15, -0.1) is 0 Å². The molecule has 0 aliphatic heterocycles. The van der Waals surface area contributed by atoms with Crippen LogP contribution in [0.3, 0.4) is 0 Å². The van der Waals surface area contributed by atoms with E-state index in [1.807, 2.05) is 0 Å². The topological polar surface area (TPSA) is 37.3 Å². The lowest BCUT2D eigenvalue weighted by atomic mass is 10.0. The summed E-state index contributed by atoms with van der Waals surface area (Å²) in [6.45, 7) is 3.99. The SMILES string of the molecule is CCCCC=CC=CC=CCCCCCCC(C)C(=O)O. The van der Waals surface area contributed by atoms with E-state index in [0.717, 1.165) is 25.7 Å². The molecular formula is C19H32O2. The largest absolute Gasteiger partial charge is 0.481 e. The summed E-state index contributed by atoms with van der Waals surface area (Å²) in [7, 11) is 0. The Morgan fingerprint density at radius 1 is 0.905 bits per heavy atom. The van der Waals surface area contributed by atoms with Crippen molar-refractivity contribution in [3.05, 3.63) is 36.5 Å². The molecule has 0 aliphatic rings. The first-order chi connectivity index (χ1) is 10.2. The minimum absolute atomic E-state index is 0.194. The molecule has 0 saturated heterocycles. The van der Waals surface area contributed by atoms with Crippen LogP contribution in [0.4, 0.5) is 0 Å². The van der Waals surface area contributed by atoms with E-state index in [1.54, 1.807) is 6.92 Å². The van der Waals surface area contributed by atoms with Gasteiger partial charge >= 0.3 is 5.97 Å². The summed E-state index contributed by atoms with van der Waals surface area (Å²) in [5.41, 5.74) is 0. The summed E-state index contributed by atoms with van der Waals surface area (Å²) in [6, 6.07) is 0. The zero-order chi connectivity index (χ0) is 15.8. The summed E-state index contributed by atoms with van der Waals surface area (Å²) >= 11 is 0. The lowest BCUT2D eigenvalue weighted by Crippen LogP contribution is -2.08. The number of rotatable bonds is 13. The van der Waals surface area contributed by atoms with Crippen molar-refractivity contribution in [2.75, 3.05) is 0 Å². The molecule has 0 fully saturated rings. The van der Waals surface area contributed by atoms with Crippen molar-refractivity contribution < 1.29 is 9.90 Å². The number of carboxylic acid groups (broad SMARTS) is 1. The van der Waals surface area contributed by atoms with Gasteiger partial charge in [-0.05, 0) is 25.7 Å². The molecule has 1 N–H and O–H groups in total. The lowest BCUT2D eigenvalue weighted by Gasteiger charge is -2.04. The van der Waals surface area contributed by atoms with E-state index in [-0.39, 0.29) is 5.92 Å². The number of hydrogen-bond acceptors (Lipinski definition) is 1. The zero-order valence-corrected chi connectivity index (χ0v) is 13.8. The molecule has 2 nitrogen and oxygen atoms in total. The quantitative estimate of drug-likeness (QED) is 0.338. The molecule has 0 bridgehead atoms. The third-order valence-corrected chi connectivity index (χ3v) is 3.51. The van der Waals surface area contributed by atoms with Crippen LogP contribution in [0.25, 0.3) is 0 Å². The van der Waals surface area contributed by atoms with Crippen molar-refractivity contribution >= 4 is 5.97 Å². The average Bonchev–Trinajstić information content (AvgIpc) is 2.47. The molecule has 0 aromatic carbocycles. The Labute approximate surface area is 130 Å². The van der Waals surface area contributed by atoms with Crippen LogP contribution in [0.1, 0.15) is 71.6 Å². The Hall–Kier alpha value is -1.31. The molecule has 0 heterocycles. The van der Waals surface area contributed by atoms with Gasteiger partial charge in [0.05, 0.1) is 5.92 Å². The molecular weight excluding hydrogens is 260 g/mol. The van der Waals surface area contributed by atoms with Crippen molar-refractivity contribution in [1.29, 1.82) is 0 Å². The molecule has 0 saturated carbocycles. The Kier molecular flexibility index (Phi) is 14.1. The van der Waals surface area contributed by atoms with Crippen molar-refractivity contribution in [2.24, 2.45) is 5.92 Å². The van der Waals surface area contributed by atoms with E-state index >= 15 is 0 Å². The van der Waals surface area contributed by atoms with Crippen LogP contribution < -0.4 is 0 Å². The third kappa shape index (κ3) is 14.9. The fourth-order valence-electron chi connectivity index (χ4n) is 1.99. The zero-order valence-electron chi connectivity index (χ0n) is 13.8. The maximum absolute atomic E-state index is 10.6. The summed E-state index contributed by atoms with van der Waals surface area (Å²) in [6.07, 6.45) is 23.0. The van der Waals surface area contributed by atoms with Gasteiger partial charge in [0.1, 0.15) is 0 Å². The first kappa shape index (κ1) is 19.7. The Morgan fingerprint density at radius 2 is 1.48 bits per heavy atom. The Balaban J connectivity index is 3.38. The molecule has 1 atom stereocenters. The molecule has 0 aromatic heterocycles. The number of hydrogen-bond donors (Lipinski definition) is 1. The smallest absolute Gasteiger partial charge is 0.306 e. The van der Waals surface area contributed by atoms with Crippen LogP contribution in [0.2, 0.25) is 0 Å². The lowest BCUT2D eigenvalue weighted by molar-refractivity contribution is -0.141. The maximum atomic E-state index is 10.6. The third-order valence-electron chi connectivity index (χ3n) is 3.51. The van der Waals surface area contributed by atoms with E-state index in [4.69, 9.17) is 5.11 Å². The van der Waals surface area contributed by atoms with Crippen LogP contribution >= 0.6 is 0 Å². The molecule has 0 aliphatic carbocycles. The van der Waals surface area contributed by atoms with Crippen molar-refractivity contribution in [1.82, 2.24) is 0 Å². The summed E-state index contributed by atoms with van der Waals surface area (Å²) in [4.78, 5) is 10.6. The minimum atomic E-state index is -0.673. The van der Waals surface area contributed by atoms with E-state index in [1.165, 1.54) is 32.1 Å². The second kappa shape index (κ2) is 15.1. The highest BCUT2D eigenvalue weighted by atomic mass is 16.4. The van der Waals surface area contributed by atoms with E-state index in [2.05, 4.69) is 43.4 Å². The van der Waals surface area contributed by atoms with E-state index < -0.39 is 5.97 Å². The summed E-state index contributed by atoms with van der Waals surface area (Å²) in [5, 5.41) is 8.77. The van der Waals surface area contributed by atoms with Gasteiger partial charge in [-0.3, -0.25) is 4.79 Å². The van der Waals surface area contributed by atoms with Crippen molar-refractivity contribution in [3.8, 4) is 0 Å². The van der Waals surface area contributed by atoms with Gasteiger partial charge in [0.2, 0.25) is 0 Å². The van der Waals surface area contributed by atoms with Crippen LogP contribution in [0, 0.1) is 5.92 Å². The normalized spacial score (nSPS) is 13.6. The minimum Gasteiger partial charge on any atom is -0.481 e. The number of carboxylic acids is 1. The monoisotopic (exact) mass is 292 g/mol. The van der Waals surface area contributed by atoms with Gasteiger partial charge in [-0.25, -0.2) is 0 Å². The van der Waals surface area contributed by atoms with Crippen LogP contribution in [0.5, 0.6) is 0 Å². The number of allylic oxidation sites excluding steroid dienone is 6. The number of carbonyl (C=O) groups is 1. The number of aliphatic carboxylic acids is 1. The molecule has 21 heavy (non-hydrogen) atoms. The van der Waals surface area contributed by atoms with Crippen molar-refractivity contribution in [2.45, 2.75) is 71.6 Å².